The summed E-state index contributed by atoms with van der Waals surface area (Å²) < 4.78 is 25.3. The van der Waals surface area contributed by atoms with Crippen molar-refractivity contribution in [2.75, 3.05) is 25.7 Å². The van der Waals surface area contributed by atoms with Crippen LogP contribution in [0.5, 0.6) is 11.5 Å². The molecule has 0 aliphatic carbocycles. The standard InChI is InChI=1S/C21H22BrFN2O2/c1-15(16-5-8-20(26-2)19(23)13-16)24-9-4-10-25(12-11-24)17-6-7-18(22)21(14-17)27-3/h4-9,11-15H,10H2,1-3H3. The van der Waals surface area contributed by atoms with Crippen LogP contribution < -0.4 is 14.4 Å². The third kappa shape index (κ3) is 4.27. The van der Waals surface area contributed by atoms with Crippen LogP contribution in [0, 0.1) is 5.82 Å². The zero-order valence-electron chi connectivity index (χ0n) is 15.5. The van der Waals surface area contributed by atoms with E-state index in [0.717, 1.165) is 28.0 Å². The lowest BCUT2D eigenvalue weighted by atomic mass is 10.1. The number of hydrogen-bond acceptors (Lipinski definition) is 4. The SMILES string of the molecule is COc1ccc(C(C)N2C=CCN(c3ccc(Br)c(OC)c3)C=C2)cc1F. The van der Waals surface area contributed by atoms with Gasteiger partial charge in [0.2, 0.25) is 0 Å². The zero-order chi connectivity index (χ0) is 19.4. The summed E-state index contributed by atoms with van der Waals surface area (Å²) >= 11 is 3.48. The number of nitrogens with zero attached hydrogens (tertiary/aromatic N) is 2. The first-order chi connectivity index (χ1) is 13.0. The van der Waals surface area contributed by atoms with Gasteiger partial charge in [-0.3, -0.25) is 0 Å². The molecule has 6 heteroatoms. The molecule has 1 aliphatic heterocycles. The summed E-state index contributed by atoms with van der Waals surface area (Å²) in [5.41, 5.74) is 1.90. The highest BCUT2D eigenvalue weighted by Gasteiger charge is 2.15. The van der Waals surface area contributed by atoms with E-state index < -0.39 is 0 Å². The Balaban J connectivity index is 1.80. The number of anilines is 1. The second-order valence-electron chi connectivity index (χ2n) is 6.17. The first-order valence-corrected chi connectivity index (χ1v) is 9.39. The number of ether oxygens (including phenoxy) is 2. The van der Waals surface area contributed by atoms with Gasteiger partial charge in [0.05, 0.1) is 24.7 Å². The molecule has 3 rings (SSSR count). The minimum atomic E-state index is -0.354. The van der Waals surface area contributed by atoms with Crippen molar-refractivity contribution in [1.82, 2.24) is 4.90 Å². The van der Waals surface area contributed by atoms with Crippen molar-refractivity contribution in [2.45, 2.75) is 13.0 Å². The van der Waals surface area contributed by atoms with E-state index in [4.69, 9.17) is 9.47 Å². The molecule has 0 N–H and O–H groups in total. The quantitative estimate of drug-likeness (QED) is 0.624. The second kappa shape index (κ2) is 8.48. The fraction of sp³-hybridized carbons (Fsp3) is 0.238. The average molecular weight is 433 g/mol. The summed E-state index contributed by atoms with van der Waals surface area (Å²) in [5, 5.41) is 0. The summed E-state index contributed by atoms with van der Waals surface area (Å²) in [6.45, 7) is 2.76. The van der Waals surface area contributed by atoms with Gasteiger partial charge < -0.3 is 19.3 Å². The molecule has 4 nitrogen and oxygen atoms in total. The maximum absolute atomic E-state index is 14.0. The summed E-state index contributed by atoms with van der Waals surface area (Å²) in [5.74, 6) is 0.685. The van der Waals surface area contributed by atoms with Gasteiger partial charge in [0.15, 0.2) is 11.6 Å². The van der Waals surface area contributed by atoms with Crippen LogP contribution >= 0.6 is 15.9 Å². The second-order valence-corrected chi connectivity index (χ2v) is 7.03. The van der Waals surface area contributed by atoms with Crippen molar-refractivity contribution < 1.29 is 13.9 Å². The van der Waals surface area contributed by atoms with Crippen LogP contribution in [-0.4, -0.2) is 25.7 Å². The van der Waals surface area contributed by atoms with Crippen molar-refractivity contribution in [3.8, 4) is 11.5 Å². The van der Waals surface area contributed by atoms with Crippen LogP contribution in [0.3, 0.4) is 0 Å². The molecular formula is C21H22BrFN2O2. The summed E-state index contributed by atoms with van der Waals surface area (Å²) in [6.07, 6.45) is 8.09. The van der Waals surface area contributed by atoms with Crippen LogP contribution in [0.2, 0.25) is 0 Å². The Bertz CT molecular complexity index is 869. The van der Waals surface area contributed by atoms with Crippen LogP contribution in [0.1, 0.15) is 18.5 Å². The molecule has 0 fully saturated rings. The van der Waals surface area contributed by atoms with Crippen molar-refractivity contribution >= 4 is 21.6 Å². The highest BCUT2D eigenvalue weighted by atomic mass is 79.9. The van der Waals surface area contributed by atoms with Crippen LogP contribution in [-0.2, 0) is 0 Å². The Morgan fingerprint density at radius 1 is 1.00 bits per heavy atom. The fourth-order valence-electron chi connectivity index (χ4n) is 2.94. The Hall–Kier alpha value is -2.47. The van der Waals surface area contributed by atoms with Gasteiger partial charge in [0, 0.05) is 36.9 Å². The van der Waals surface area contributed by atoms with Crippen molar-refractivity contribution in [2.24, 2.45) is 0 Å². The lowest BCUT2D eigenvalue weighted by Gasteiger charge is -2.24. The van der Waals surface area contributed by atoms with Crippen molar-refractivity contribution in [3.05, 3.63) is 76.9 Å². The van der Waals surface area contributed by atoms with Gasteiger partial charge in [-0.25, -0.2) is 4.39 Å². The first-order valence-electron chi connectivity index (χ1n) is 8.59. The molecule has 0 saturated heterocycles. The third-order valence-electron chi connectivity index (χ3n) is 4.57. The molecular weight excluding hydrogens is 411 g/mol. The van der Waals surface area contributed by atoms with E-state index in [1.165, 1.54) is 13.2 Å². The van der Waals surface area contributed by atoms with Crippen LogP contribution in [0.25, 0.3) is 0 Å². The predicted molar refractivity (Wildman–Crippen MR) is 110 cm³/mol. The fourth-order valence-corrected chi connectivity index (χ4v) is 3.35. The molecule has 0 saturated carbocycles. The minimum Gasteiger partial charge on any atom is -0.495 e. The number of hydrogen-bond donors (Lipinski definition) is 0. The van der Waals surface area contributed by atoms with E-state index >= 15 is 0 Å². The molecule has 1 heterocycles. The normalized spacial score (nSPS) is 14.9. The molecule has 1 unspecified atom stereocenters. The van der Waals surface area contributed by atoms with Gasteiger partial charge in [0.25, 0.3) is 0 Å². The number of rotatable bonds is 5. The van der Waals surface area contributed by atoms with Crippen LogP contribution in [0.4, 0.5) is 10.1 Å². The molecule has 0 aromatic heterocycles. The van der Waals surface area contributed by atoms with E-state index in [9.17, 15) is 4.39 Å². The average Bonchev–Trinajstić information content (AvgIpc) is 2.94. The molecule has 2 aromatic carbocycles. The number of halogens is 2. The molecule has 0 spiro atoms. The molecule has 0 amide bonds. The smallest absolute Gasteiger partial charge is 0.165 e. The maximum atomic E-state index is 14.0. The lowest BCUT2D eigenvalue weighted by molar-refractivity contribution is 0.379. The monoisotopic (exact) mass is 432 g/mol. The number of methoxy groups -OCH3 is 2. The molecule has 2 aromatic rings. The van der Waals surface area contributed by atoms with Crippen molar-refractivity contribution in [3.63, 3.8) is 0 Å². The first kappa shape index (κ1) is 19.3. The number of benzene rings is 2. The van der Waals surface area contributed by atoms with E-state index in [0.29, 0.717) is 0 Å². The van der Waals surface area contributed by atoms with Crippen molar-refractivity contribution in [1.29, 1.82) is 0 Å². The topological polar surface area (TPSA) is 24.9 Å². The van der Waals surface area contributed by atoms with Gasteiger partial charge in [-0.15, -0.1) is 0 Å². The van der Waals surface area contributed by atoms with Gasteiger partial charge in [-0.05, 0) is 58.8 Å². The summed E-state index contributed by atoms with van der Waals surface area (Å²) in [4.78, 5) is 4.17. The Morgan fingerprint density at radius 2 is 1.78 bits per heavy atom. The van der Waals surface area contributed by atoms with Gasteiger partial charge in [-0.1, -0.05) is 6.07 Å². The third-order valence-corrected chi connectivity index (χ3v) is 5.23. The van der Waals surface area contributed by atoms with E-state index in [1.54, 1.807) is 13.2 Å². The Kier molecular flexibility index (Phi) is 6.06. The zero-order valence-corrected chi connectivity index (χ0v) is 17.1. The maximum Gasteiger partial charge on any atom is 0.165 e. The van der Waals surface area contributed by atoms with Gasteiger partial charge >= 0.3 is 0 Å². The Labute approximate surface area is 167 Å². The highest BCUT2D eigenvalue weighted by Crippen LogP contribution is 2.31. The Morgan fingerprint density at radius 3 is 2.48 bits per heavy atom. The largest absolute Gasteiger partial charge is 0.495 e. The van der Waals surface area contributed by atoms with Gasteiger partial charge in [-0.2, -0.15) is 0 Å². The van der Waals surface area contributed by atoms with E-state index in [2.05, 4.69) is 31.8 Å². The summed E-state index contributed by atoms with van der Waals surface area (Å²) in [6, 6.07) is 11.0. The van der Waals surface area contributed by atoms with Gasteiger partial charge in [0.1, 0.15) is 5.75 Å². The summed E-state index contributed by atoms with van der Waals surface area (Å²) in [7, 11) is 3.12. The minimum absolute atomic E-state index is 0.0164. The molecule has 142 valence electrons. The molecule has 1 aliphatic rings. The highest BCUT2D eigenvalue weighted by molar-refractivity contribution is 9.10. The van der Waals surface area contributed by atoms with Crippen LogP contribution in [0.15, 0.2) is 65.5 Å². The molecule has 0 radical (unpaired) electrons. The molecule has 1 atom stereocenters. The van der Waals surface area contributed by atoms with E-state index in [1.807, 2.05) is 49.8 Å². The molecule has 27 heavy (non-hydrogen) atoms. The van der Waals surface area contributed by atoms with E-state index in [-0.39, 0.29) is 17.6 Å². The predicted octanol–water partition coefficient (Wildman–Crippen LogP) is 5.47. The molecule has 0 bridgehead atoms. The lowest BCUT2D eigenvalue weighted by Crippen LogP contribution is -2.16.